The van der Waals surface area contributed by atoms with E-state index in [1.165, 1.54) is 6.21 Å². The summed E-state index contributed by atoms with van der Waals surface area (Å²) in [6, 6.07) is 11.5. The zero-order valence-corrected chi connectivity index (χ0v) is 14.1. The van der Waals surface area contributed by atoms with Gasteiger partial charge in [0.25, 0.3) is 11.8 Å². The van der Waals surface area contributed by atoms with Crippen molar-refractivity contribution in [2.45, 2.75) is 0 Å². The molecule has 2 amide bonds. The van der Waals surface area contributed by atoms with E-state index in [-0.39, 0.29) is 12.5 Å². The summed E-state index contributed by atoms with van der Waals surface area (Å²) < 4.78 is 10.2. The summed E-state index contributed by atoms with van der Waals surface area (Å²) in [7, 11) is 1.55. The number of nitrogens with zero attached hydrogens (tertiary/aromatic N) is 1. The largest absolute Gasteiger partial charge is 0.497 e. The summed E-state index contributed by atoms with van der Waals surface area (Å²) in [5.74, 6) is 0.0441. The second-order valence-electron chi connectivity index (χ2n) is 4.87. The van der Waals surface area contributed by atoms with Crippen LogP contribution < -0.4 is 20.6 Å². The minimum Gasteiger partial charge on any atom is -0.497 e. The molecule has 0 heterocycles. The number of carbonyl (C=O) groups is 2. The fourth-order valence-corrected chi connectivity index (χ4v) is 2.08. The van der Waals surface area contributed by atoms with Gasteiger partial charge in [-0.25, -0.2) is 5.43 Å². The van der Waals surface area contributed by atoms with Crippen LogP contribution in [-0.2, 0) is 4.79 Å². The van der Waals surface area contributed by atoms with E-state index in [0.717, 1.165) is 0 Å². The van der Waals surface area contributed by atoms with Crippen molar-refractivity contribution in [2.75, 3.05) is 13.7 Å². The zero-order valence-electron chi connectivity index (χ0n) is 13.4. The first-order valence-electron chi connectivity index (χ1n) is 7.17. The predicted molar refractivity (Wildman–Crippen MR) is 94.2 cm³/mol. The van der Waals surface area contributed by atoms with Crippen LogP contribution in [0.2, 0.25) is 5.02 Å². The lowest BCUT2D eigenvalue weighted by Crippen LogP contribution is -2.20. The van der Waals surface area contributed by atoms with Crippen LogP contribution in [0.1, 0.15) is 15.9 Å². The highest BCUT2D eigenvalue weighted by Crippen LogP contribution is 2.24. The number of hydrogen-bond donors (Lipinski definition) is 2. The molecule has 8 heteroatoms. The third kappa shape index (κ3) is 5.50. The SMILES string of the molecule is COc1ccc(C(=O)NN=Cc2ccc(OCC(N)=O)c(Cl)c2)cc1. The smallest absolute Gasteiger partial charge is 0.271 e. The number of rotatable bonds is 7. The number of nitrogens with two attached hydrogens (primary N) is 1. The quantitative estimate of drug-likeness (QED) is 0.581. The highest BCUT2D eigenvalue weighted by molar-refractivity contribution is 6.32. The molecular weight excluding hydrogens is 346 g/mol. The molecule has 0 unspecified atom stereocenters. The molecular formula is C17H16ClN3O4. The van der Waals surface area contributed by atoms with E-state index in [4.69, 9.17) is 26.8 Å². The van der Waals surface area contributed by atoms with Crippen LogP contribution in [0.3, 0.4) is 0 Å². The topological polar surface area (TPSA) is 103 Å². The number of methoxy groups -OCH3 is 1. The van der Waals surface area contributed by atoms with Crippen LogP contribution in [0.25, 0.3) is 0 Å². The summed E-state index contributed by atoms with van der Waals surface area (Å²) in [6.45, 7) is -0.259. The van der Waals surface area contributed by atoms with Gasteiger partial charge < -0.3 is 15.2 Å². The third-order valence-electron chi connectivity index (χ3n) is 3.06. The molecule has 0 fully saturated rings. The van der Waals surface area contributed by atoms with Crippen molar-refractivity contribution in [2.24, 2.45) is 10.8 Å². The van der Waals surface area contributed by atoms with Gasteiger partial charge >= 0.3 is 0 Å². The number of benzene rings is 2. The molecule has 0 atom stereocenters. The first-order chi connectivity index (χ1) is 12.0. The highest BCUT2D eigenvalue weighted by atomic mass is 35.5. The van der Waals surface area contributed by atoms with E-state index in [9.17, 15) is 9.59 Å². The van der Waals surface area contributed by atoms with E-state index in [2.05, 4.69) is 10.5 Å². The summed E-state index contributed by atoms with van der Waals surface area (Å²) in [4.78, 5) is 22.6. The summed E-state index contributed by atoms with van der Waals surface area (Å²) in [6.07, 6.45) is 1.44. The number of halogens is 1. The van der Waals surface area contributed by atoms with Crippen LogP contribution in [-0.4, -0.2) is 31.7 Å². The van der Waals surface area contributed by atoms with Crippen LogP contribution in [0.4, 0.5) is 0 Å². The Kier molecular flexibility index (Phi) is 6.36. The Labute approximate surface area is 149 Å². The number of carbonyl (C=O) groups excluding carboxylic acids is 2. The maximum atomic E-state index is 11.9. The van der Waals surface area contributed by atoms with Crippen molar-refractivity contribution in [3.05, 3.63) is 58.6 Å². The molecule has 2 aromatic carbocycles. The molecule has 0 bridgehead atoms. The van der Waals surface area contributed by atoms with Gasteiger partial charge in [-0.3, -0.25) is 9.59 Å². The summed E-state index contributed by atoms with van der Waals surface area (Å²) >= 11 is 6.04. The monoisotopic (exact) mass is 361 g/mol. The first-order valence-corrected chi connectivity index (χ1v) is 7.55. The van der Waals surface area contributed by atoms with Gasteiger partial charge in [-0.05, 0) is 48.0 Å². The van der Waals surface area contributed by atoms with Crippen LogP contribution in [0, 0.1) is 0 Å². The number of hydrogen-bond acceptors (Lipinski definition) is 5. The predicted octanol–water partition coefficient (Wildman–Crippen LogP) is 1.98. The van der Waals surface area contributed by atoms with E-state index in [0.29, 0.717) is 27.6 Å². The van der Waals surface area contributed by atoms with Crippen molar-refractivity contribution in [1.29, 1.82) is 0 Å². The van der Waals surface area contributed by atoms with Gasteiger partial charge in [0.1, 0.15) is 11.5 Å². The molecule has 2 rings (SSSR count). The number of ether oxygens (including phenoxy) is 2. The van der Waals surface area contributed by atoms with Crippen molar-refractivity contribution in [3.8, 4) is 11.5 Å². The Balaban J connectivity index is 1.95. The molecule has 130 valence electrons. The number of hydrazone groups is 1. The van der Waals surface area contributed by atoms with Gasteiger partial charge in [0, 0.05) is 5.56 Å². The third-order valence-corrected chi connectivity index (χ3v) is 3.35. The van der Waals surface area contributed by atoms with E-state index in [1.807, 2.05) is 0 Å². The minimum absolute atomic E-state index is 0.259. The minimum atomic E-state index is -0.594. The zero-order chi connectivity index (χ0) is 18.2. The fraction of sp³-hybridized carbons (Fsp3) is 0.118. The Morgan fingerprint density at radius 1 is 1.24 bits per heavy atom. The lowest BCUT2D eigenvalue weighted by molar-refractivity contribution is -0.119. The van der Waals surface area contributed by atoms with E-state index >= 15 is 0 Å². The average Bonchev–Trinajstić information content (AvgIpc) is 2.61. The molecule has 0 aromatic heterocycles. The Morgan fingerprint density at radius 2 is 1.96 bits per heavy atom. The van der Waals surface area contributed by atoms with Crippen molar-refractivity contribution in [1.82, 2.24) is 5.43 Å². The lowest BCUT2D eigenvalue weighted by Gasteiger charge is -2.06. The highest BCUT2D eigenvalue weighted by Gasteiger charge is 2.05. The van der Waals surface area contributed by atoms with Crippen molar-refractivity contribution < 1.29 is 19.1 Å². The molecule has 0 spiro atoms. The van der Waals surface area contributed by atoms with Gasteiger partial charge in [-0.15, -0.1) is 0 Å². The van der Waals surface area contributed by atoms with Crippen molar-refractivity contribution in [3.63, 3.8) is 0 Å². The maximum Gasteiger partial charge on any atom is 0.271 e. The van der Waals surface area contributed by atoms with Crippen LogP contribution in [0.15, 0.2) is 47.6 Å². The number of primary amides is 1. The van der Waals surface area contributed by atoms with Gasteiger partial charge in [0.05, 0.1) is 18.3 Å². The van der Waals surface area contributed by atoms with Gasteiger partial charge in [0.2, 0.25) is 0 Å². The normalized spacial score (nSPS) is 10.5. The standard InChI is InChI=1S/C17H16ClN3O4/c1-24-13-5-3-12(4-6-13)17(23)21-20-9-11-2-7-15(14(18)8-11)25-10-16(19)22/h2-9H,10H2,1H3,(H2,19,22)(H,21,23). The second kappa shape index (κ2) is 8.70. The molecule has 0 aliphatic heterocycles. The van der Waals surface area contributed by atoms with Crippen LogP contribution in [0.5, 0.6) is 11.5 Å². The Morgan fingerprint density at radius 3 is 2.56 bits per heavy atom. The van der Waals surface area contributed by atoms with Gasteiger partial charge in [-0.2, -0.15) is 5.10 Å². The molecule has 7 nitrogen and oxygen atoms in total. The van der Waals surface area contributed by atoms with E-state index < -0.39 is 5.91 Å². The Hall–Kier alpha value is -3.06. The second-order valence-corrected chi connectivity index (χ2v) is 5.28. The molecule has 3 N–H and O–H groups in total. The summed E-state index contributed by atoms with van der Waals surface area (Å²) in [5, 5.41) is 4.17. The molecule has 0 aliphatic carbocycles. The number of amides is 2. The number of nitrogens with one attached hydrogen (secondary N) is 1. The van der Waals surface area contributed by atoms with Gasteiger partial charge in [-0.1, -0.05) is 11.6 Å². The molecule has 2 aromatic rings. The van der Waals surface area contributed by atoms with Gasteiger partial charge in [0.15, 0.2) is 6.61 Å². The molecule has 0 radical (unpaired) electrons. The molecule has 25 heavy (non-hydrogen) atoms. The first kappa shape index (κ1) is 18.3. The molecule has 0 saturated heterocycles. The lowest BCUT2D eigenvalue weighted by atomic mass is 10.2. The average molecular weight is 362 g/mol. The Bertz CT molecular complexity index is 791. The summed E-state index contributed by atoms with van der Waals surface area (Å²) in [5.41, 5.74) is 8.51. The van der Waals surface area contributed by atoms with Crippen LogP contribution >= 0.6 is 11.6 Å². The fourth-order valence-electron chi connectivity index (χ4n) is 1.84. The maximum absolute atomic E-state index is 11.9. The molecule has 0 aliphatic rings. The van der Waals surface area contributed by atoms with E-state index in [1.54, 1.807) is 49.6 Å². The van der Waals surface area contributed by atoms with Crippen molar-refractivity contribution >= 4 is 29.6 Å². The molecule has 0 saturated carbocycles.